The third-order valence-corrected chi connectivity index (χ3v) is 4.97. The monoisotopic (exact) mass is 484 g/mol. The summed E-state index contributed by atoms with van der Waals surface area (Å²) in [5, 5.41) is 7.57. The van der Waals surface area contributed by atoms with Crippen LogP contribution < -0.4 is 10.1 Å². The molecule has 0 fully saturated rings. The molecule has 4 rings (SSSR count). The van der Waals surface area contributed by atoms with Crippen molar-refractivity contribution >= 4 is 28.5 Å². The van der Waals surface area contributed by atoms with Gasteiger partial charge in [-0.15, -0.1) is 0 Å². The number of halogens is 3. The van der Waals surface area contributed by atoms with Crippen molar-refractivity contribution in [3.63, 3.8) is 0 Å². The maximum absolute atomic E-state index is 13.0. The topological polar surface area (TPSA) is 95.3 Å². The smallest absolute Gasteiger partial charge is 0.433 e. The molecule has 0 aliphatic heterocycles. The fourth-order valence-corrected chi connectivity index (χ4v) is 3.41. The van der Waals surface area contributed by atoms with Crippen LogP contribution in [0.25, 0.3) is 10.9 Å². The molecule has 1 amide bonds. The van der Waals surface area contributed by atoms with E-state index in [1.54, 1.807) is 42.6 Å². The number of benzene rings is 2. The average molecular weight is 484 g/mol. The third kappa shape index (κ3) is 5.24. The van der Waals surface area contributed by atoms with Crippen molar-refractivity contribution in [3.05, 3.63) is 83.8 Å². The maximum Gasteiger partial charge on any atom is 0.433 e. The number of carbonyl (C=O) groups is 2. The predicted molar refractivity (Wildman–Crippen MR) is 120 cm³/mol. The zero-order valence-corrected chi connectivity index (χ0v) is 18.5. The summed E-state index contributed by atoms with van der Waals surface area (Å²) in [5.41, 5.74) is -0.216. The molecule has 2 heterocycles. The summed E-state index contributed by atoms with van der Waals surface area (Å²) in [7, 11) is 1.38. The second-order valence-corrected chi connectivity index (χ2v) is 7.45. The van der Waals surface area contributed by atoms with E-state index in [1.165, 1.54) is 24.8 Å². The van der Waals surface area contributed by atoms with E-state index in [2.05, 4.69) is 15.4 Å². The second kappa shape index (κ2) is 9.45. The number of amides is 1. The number of hydrogen-bond acceptors (Lipinski definition) is 6. The summed E-state index contributed by atoms with van der Waals surface area (Å²) in [6.07, 6.45) is -3.90. The molecular formula is C24H19F3N4O4. The molecule has 0 radical (unpaired) electrons. The van der Waals surface area contributed by atoms with Crippen LogP contribution in [-0.4, -0.2) is 33.8 Å². The van der Waals surface area contributed by atoms with Gasteiger partial charge in [-0.05, 0) is 18.2 Å². The van der Waals surface area contributed by atoms with Gasteiger partial charge in [-0.1, -0.05) is 36.4 Å². The SMILES string of the molecule is COc1cc2nn(C(OC(C)=O)c3ccccc3)cc2cc1NC(=O)c1cccc(C(F)(F)F)n1. The molecular weight excluding hydrogens is 465 g/mol. The van der Waals surface area contributed by atoms with E-state index in [-0.39, 0.29) is 11.4 Å². The molecule has 2 aromatic heterocycles. The largest absolute Gasteiger partial charge is 0.494 e. The number of nitrogens with zero attached hydrogens (tertiary/aromatic N) is 3. The maximum atomic E-state index is 13.0. The van der Waals surface area contributed by atoms with E-state index in [0.29, 0.717) is 16.5 Å². The number of fused-ring (bicyclic) bond motifs is 1. The van der Waals surface area contributed by atoms with Crippen LogP contribution in [0.3, 0.4) is 0 Å². The third-order valence-electron chi connectivity index (χ3n) is 4.97. The van der Waals surface area contributed by atoms with Gasteiger partial charge in [0, 0.05) is 30.1 Å². The minimum absolute atomic E-state index is 0.201. The molecule has 35 heavy (non-hydrogen) atoms. The molecule has 0 aliphatic carbocycles. The zero-order chi connectivity index (χ0) is 25.2. The molecule has 0 saturated carbocycles. The fourth-order valence-electron chi connectivity index (χ4n) is 3.41. The van der Waals surface area contributed by atoms with Crippen molar-refractivity contribution in [1.29, 1.82) is 0 Å². The number of alkyl halides is 3. The molecule has 11 heteroatoms. The lowest BCUT2D eigenvalue weighted by Gasteiger charge is -2.17. The van der Waals surface area contributed by atoms with E-state index in [9.17, 15) is 22.8 Å². The number of ether oxygens (including phenoxy) is 2. The predicted octanol–water partition coefficient (Wildman–Crippen LogP) is 4.82. The first kappa shape index (κ1) is 23.7. The van der Waals surface area contributed by atoms with Gasteiger partial charge >= 0.3 is 12.1 Å². The molecule has 2 aromatic carbocycles. The first-order valence-corrected chi connectivity index (χ1v) is 10.3. The molecule has 0 bridgehead atoms. The number of rotatable bonds is 6. The summed E-state index contributed by atoms with van der Waals surface area (Å²) >= 11 is 0. The highest BCUT2D eigenvalue weighted by atomic mass is 19.4. The highest BCUT2D eigenvalue weighted by Gasteiger charge is 2.33. The lowest BCUT2D eigenvalue weighted by Crippen LogP contribution is -2.17. The Kier molecular flexibility index (Phi) is 6.41. The quantitative estimate of drug-likeness (QED) is 0.394. The van der Waals surface area contributed by atoms with Crippen LogP contribution in [0.5, 0.6) is 5.75 Å². The van der Waals surface area contributed by atoms with Crippen LogP contribution in [-0.2, 0) is 15.7 Å². The Morgan fingerprint density at radius 1 is 1.06 bits per heavy atom. The second-order valence-electron chi connectivity index (χ2n) is 7.45. The number of methoxy groups -OCH3 is 1. The van der Waals surface area contributed by atoms with Crippen molar-refractivity contribution in [3.8, 4) is 5.75 Å². The van der Waals surface area contributed by atoms with Crippen molar-refractivity contribution in [2.24, 2.45) is 0 Å². The molecule has 180 valence electrons. The number of hydrogen-bond donors (Lipinski definition) is 1. The van der Waals surface area contributed by atoms with Crippen molar-refractivity contribution in [2.45, 2.75) is 19.3 Å². The molecule has 1 atom stereocenters. The summed E-state index contributed by atoms with van der Waals surface area (Å²) < 4.78 is 51.2. The average Bonchev–Trinajstić information content (AvgIpc) is 3.24. The van der Waals surface area contributed by atoms with Crippen molar-refractivity contribution in [2.75, 3.05) is 12.4 Å². The van der Waals surface area contributed by atoms with Crippen LogP contribution >= 0.6 is 0 Å². The molecule has 0 saturated heterocycles. The standard InChI is InChI=1S/C24H19F3N4O4/c1-14(32)35-23(15-7-4-3-5-8-15)31-13-16-11-19(20(34-2)12-18(16)30-31)29-22(33)17-9-6-10-21(28-17)24(25,26)27/h3-13,23H,1-2H3,(H,29,33). The van der Waals surface area contributed by atoms with Gasteiger partial charge in [-0.2, -0.15) is 18.3 Å². The molecule has 8 nitrogen and oxygen atoms in total. The number of esters is 1. The van der Waals surface area contributed by atoms with Crippen LogP contribution in [0.1, 0.15) is 34.9 Å². The Hall–Kier alpha value is -4.41. The summed E-state index contributed by atoms with van der Waals surface area (Å²) in [6, 6.07) is 15.2. The summed E-state index contributed by atoms with van der Waals surface area (Å²) in [5.74, 6) is -1.12. The first-order chi connectivity index (χ1) is 16.7. The number of pyridine rings is 1. The van der Waals surface area contributed by atoms with Crippen LogP contribution in [0.2, 0.25) is 0 Å². The van der Waals surface area contributed by atoms with E-state index < -0.39 is 35.7 Å². The molecule has 4 aromatic rings. The highest BCUT2D eigenvalue weighted by Crippen LogP contribution is 2.32. The number of carbonyl (C=O) groups excluding carboxylic acids is 2. The minimum atomic E-state index is -4.68. The Labute approximate surface area is 197 Å². The molecule has 0 aliphatic rings. The number of nitrogens with one attached hydrogen (secondary N) is 1. The van der Waals surface area contributed by atoms with Crippen LogP contribution in [0.15, 0.2) is 66.9 Å². The normalized spacial score (nSPS) is 12.3. The Morgan fingerprint density at radius 2 is 1.80 bits per heavy atom. The zero-order valence-electron chi connectivity index (χ0n) is 18.5. The van der Waals surface area contributed by atoms with Crippen LogP contribution in [0.4, 0.5) is 18.9 Å². The van der Waals surface area contributed by atoms with Gasteiger partial charge in [0.05, 0.1) is 18.3 Å². The van der Waals surface area contributed by atoms with Gasteiger partial charge < -0.3 is 14.8 Å². The molecule has 0 spiro atoms. The minimum Gasteiger partial charge on any atom is -0.494 e. The van der Waals surface area contributed by atoms with E-state index >= 15 is 0 Å². The lowest BCUT2D eigenvalue weighted by molar-refractivity contribution is -0.148. The fraction of sp³-hybridized carbons (Fsp3) is 0.167. The van der Waals surface area contributed by atoms with Gasteiger partial charge in [-0.25, -0.2) is 9.67 Å². The van der Waals surface area contributed by atoms with Gasteiger partial charge in [0.25, 0.3) is 5.91 Å². The molecule has 1 unspecified atom stereocenters. The van der Waals surface area contributed by atoms with E-state index in [4.69, 9.17) is 9.47 Å². The summed E-state index contributed by atoms with van der Waals surface area (Å²) in [4.78, 5) is 27.8. The van der Waals surface area contributed by atoms with Crippen molar-refractivity contribution < 1.29 is 32.2 Å². The molecule has 1 N–H and O–H groups in total. The highest BCUT2D eigenvalue weighted by molar-refractivity contribution is 6.05. The Balaban J connectivity index is 1.69. The first-order valence-electron chi connectivity index (χ1n) is 10.3. The number of anilines is 1. The van der Waals surface area contributed by atoms with Crippen LogP contribution in [0, 0.1) is 0 Å². The van der Waals surface area contributed by atoms with Gasteiger partial charge in [-0.3, -0.25) is 9.59 Å². The van der Waals surface area contributed by atoms with E-state index in [1.807, 2.05) is 6.07 Å². The Morgan fingerprint density at radius 3 is 2.46 bits per heavy atom. The van der Waals surface area contributed by atoms with Gasteiger partial charge in [0.15, 0.2) is 0 Å². The number of aromatic nitrogens is 3. The van der Waals surface area contributed by atoms with Gasteiger partial charge in [0.1, 0.15) is 17.1 Å². The van der Waals surface area contributed by atoms with E-state index in [0.717, 1.165) is 12.1 Å². The van der Waals surface area contributed by atoms with Crippen molar-refractivity contribution in [1.82, 2.24) is 14.8 Å². The summed E-state index contributed by atoms with van der Waals surface area (Å²) in [6.45, 7) is 1.29. The Bertz CT molecular complexity index is 1390. The lowest BCUT2D eigenvalue weighted by atomic mass is 10.2. The van der Waals surface area contributed by atoms with Gasteiger partial charge in [0.2, 0.25) is 6.23 Å².